The van der Waals surface area contributed by atoms with Gasteiger partial charge in [-0.25, -0.2) is 9.78 Å². The second-order valence-electron chi connectivity index (χ2n) is 21.2. The van der Waals surface area contributed by atoms with Crippen LogP contribution in [0.2, 0.25) is 0 Å². The maximum absolute atomic E-state index is 15.1. The number of rotatable bonds is 11. The van der Waals surface area contributed by atoms with E-state index in [1.807, 2.05) is 36.5 Å². The van der Waals surface area contributed by atoms with Crippen molar-refractivity contribution in [3.63, 3.8) is 0 Å². The van der Waals surface area contributed by atoms with Crippen molar-refractivity contribution in [2.24, 2.45) is 27.7 Å². The molecule has 382 valence electrons. The standard InChI is InChI=1S/C52H64N4O14.2Ac/c1-9-52(66)33-18-35-42-32(23-56(35)22-29(33)17-40(59)70-52)31(30-13-10-11-14-34(30)55-42)21-53-16-12-15-39(58)69-37-19-38-50(64,24-67-38)45-26(3)51(65)20-36(68-47(63)43(60)27(4)54-28(5)57)25(2)41(48(51,6)7)44(61)46(62)49(37,45)8;;/h10-11,13-14,18,21-22,26-27,35-38,43-45,60-61,64-66H,9,12,15-17,19-20,23-24H2,1-8H3,(H,54,57);;/t26-,27-,35?,36-,37-,38+,43+,44+,45?,49+,50-,51+,52+;;/m0../s1. The Balaban J connectivity index is 0.00000380. The van der Waals surface area contributed by atoms with Crippen LogP contribution >= 0.6 is 0 Å². The van der Waals surface area contributed by atoms with Gasteiger partial charge in [0.15, 0.2) is 11.9 Å². The summed E-state index contributed by atoms with van der Waals surface area (Å²) in [6.45, 7) is 13.2. The Morgan fingerprint density at radius 1 is 1.10 bits per heavy atom. The summed E-state index contributed by atoms with van der Waals surface area (Å²) in [7, 11) is 0. The van der Waals surface area contributed by atoms with Crippen molar-refractivity contribution in [3.05, 3.63) is 75.7 Å². The number of amides is 1. The van der Waals surface area contributed by atoms with Crippen LogP contribution in [0.15, 0.2) is 63.8 Å². The van der Waals surface area contributed by atoms with Crippen LogP contribution in [0.25, 0.3) is 10.9 Å². The monoisotopic (exact) mass is 1420 g/mol. The molecule has 3 aliphatic carbocycles. The number of hydrogen-bond acceptors (Lipinski definition) is 17. The summed E-state index contributed by atoms with van der Waals surface area (Å²) in [6, 6.07) is 6.41. The predicted molar refractivity (Wildman–Crippen MR) is 250 cm³/mol. The minimum Gasteiger partial charge on any atom is -0.461 e. The van der Waals surface area contributed by atoms with E-state index in [1.54, 1.807) is 47.8 Å². The van der Waals surface area contributed by atoms with Gasteiger partial charge in [0, 0.05) is 180 Å². The van der Waals surface area contributed by atoms with Crippen LogP contribution in [0.1, 0.15) is 117 Å². The first-order valence-electron chi connectivity index (χ1n) is 24.3. The molecule has 2 saturated heterocycles. The Bertz CT molecular complexity index is 2710. The fraction of sp³-hybridized carbons (Fsp3) is 0.596. The summed E-state index contributed by atoms with van der Waals surface area (Å²) < 4.78 is 23.3. The molecule has 2 aromatic rings. The number of cyclic esters (lactones) is 1. The van der Waals surface area contributed by atoms with Crippen LogP contribution in [0.5, 0.6) is 0 Å². The van der Waals surface area contributed by atoms with Crippen LogP contribution in [0.3, 0.4) is 0 Å². The number of benzene rings is 1. The van der Waals surface area contributed by atoms with Gasteiger partial charge < -0.3 is 54.7 Å². The summed E-state index contributed by atoms with van der Waals surface area (Å²) in [4.78, 5) is 78.3. The molecule has 6 N–H and O–H groups in total. The number of esters is 3. The molecule has 2 radical (unpaired) electrons. The minimum atomic E-state index is -1.88. The summed E-state index contributed by atoms with van der Waals surface area (Å²) in [5.74, 6) is -7.20. The van der Waals surface area contributed by atoms with Gasteiger partial charge in [-0.2, -0.15) is 0 Å². The van der Waals surface area contributed by atoms with Gasteiger partial charge in [0.25, 0.3) is 0 Å². The molecule has 4 fully saturated rings. The van der Waals surface area contributed by atoms with E-state index >= 15 is 4.79 Å². The zero-order chi connectivity index (χ0) is 50.6. The van der Waals surface area contributed by atoms with Gasteiger partial charge in [0.05, 0.1) is 53.4 Å². The smallest absolute Gasteiger partial charge is 0.337 e. The van der Waals surface area contributed by atoms with Crippen LogP contribution in [0.4, 0.5) is 0 Å². The largest absolute Gasteiger partial charge is 0.461 e. The number of aliphatic imine (C=N–C) groups is 1. The van der Waals surface area contributed by atoms with Crippen molar-refractivity contribution < 1.29 is 157 Å². The zero-order valence-electron chi connectivity index (χ0n) is 42.0. The molecule has 2 saturated carbocycles. The molecule has 9 rings (SSSR count). The molecule has 2 unspecified atom stereocenters. The number of ketones is 1. The SMILES string of the molecule is CC[C@@]1(O)OC(=O)CC2=CN3Cc4c(nc5ccccc5c4C=NCCCC(=O)O[C@H]4C[C@H]5OC[C@@]5(O)C5[C@H](C)[C@]6(O)C[C@H](OC(=O)[C@H](O)[C@H](C)NC(C)=O)C(C)=C([C@@H](O)C(=O)[C@@]54C)C6(C)C)C3C=C21.[Ac].[Ac]. The second kappa shape index (κ2) is 20.8. The van der Waals surface area contributed by atoms with Gasteiger partial charge in [-0.3, -0.25) is 24.2 Å². The molecule has 1 aromatic heterocycles. The number of carbonyl (C=O) groups is 5. The van der Waals surface area contributed by atoms with Crippen molar-refractivity contribution in [1.82, 2.24) is 15.2 Å². The summed E-state index contributed by atoms with van der Waals surface area (Å²) >= 11 is 0. The third-order valence-electron chi connectivity index (χ3n) is 16.9. The van der Waals surface area contributed by atoms with Crippen molar-refractivity contribution in [2.75, 3.05) is 13.2 Å². The predicted octanol–water partition coefficient (Wildman–Crippen LogP) is 3.08. The Morgan fingerprint density at radius 2 is 1.81 bits per heavy atom. The first-order chi connectivity index (χ1) is 32.9. The van der Waals surface area contributed by atoms with Gasteiger partial charge in [-0.05, 0) is 62.0 Å². The van der Waals surface area contributed by atoms with E-state index in [9.17, 15) is 44.7 Å². The average molecular weight is 1420 g/mol. The molecule has 7 aliphatic rings. The molecule has 2 bridgehead atoms. The number of Topliss-reactive ketones (excluding diaryl/α,β-unsaturated/α-hetero) is 1. The molecule has 1 aromatic carbocycles. The molecule has 1 amide bonds. The summed E-state index contributed by atoms with van der Waals surface area (Å²) in [5.41, 5.74) is -1.53. The summed E-state index contributed by atoms with van der Waals surface area (Å²) in [5, 5.41) is 63.1. The van der Waals surface area contributed by atoms with Crippen molar-refractivity contribution in [3.8, 4) is 0 Å². The third-order valence-corrected chi connectivity index (χ3v) is 16.9. The maximum atomic E-state index is 15.1. The zero-order valence-corrected chi connectivity index (χ0v) is 51.5. The van der Waals surface area contributed by atoms with E-state index in [0.717, 1.165) is 27.7 Å². The van der Waals surface area contributed by atoms with Crippen molar-refractivity contribution in [2.45, 2.75) is 160 Å². The number of carbonyl (C=O) groups excluding carboxylic acids is 5. The van der Waals surface area contributed by atoms with Crippen LogP contribution in [-0.2, 0) is 49.5 Å². The van der Waals surface area contributed by atoms with E-state index in [0.29, 0.717) is 23.3 Å². The number of aromatic nitrogens is 1. The number of fused-ring (bicyclic) bond motifs is 10. The summed E-state index contributed by atoms with van der Waals surface area (Å²) in [6.07, 6.45) is -1.11. The van der Waals surface area contributed by atoms with Crippen LogP contribution in [0, 0.1) is 111 Å². The van der Waals surface area contributed by atoms with Gasteiger partial charge in [-0.1, -0.05) is 45.9 Å². The van der Waals surface area contributed by atoms with Gasteiger partial charge in [0.2, 0.25) is 11.7 Å². The fourth-order valence-electron chi connectivity index (χ4n) is 13.1. The van der Waals surface area contributed by atoms with Crippen LogP contribution in [-0.4, -0.2) is 138 Å². The number of aliphatic hydroxyl groups excluding tert-OH is 2. The molecular weight excluding hydrogens is 1360 g/mol. The molecule has 5 heterocycles. The number of hydrogen-bond donors (Lipinski definition) is 6. The Morgan fingerprint density at radius 3 is 2.47 bits per heavy atom. The molecule has 4 aliphatic heterocycles. The molecule has 0 spiro atoms. The number of pyridine rings is 1. The van der Waals surface area contributed by atoms with Gasteiger partial charge in [0.1, 0.15) is 23.9 Å². The first-order valence-corrected chi connectivity index (χ1v) is 24.3. The van der Waals surface area contributed by atoms with E-state index in [2.05, 4.69) is 10.2 Å². The number of ether oxygens (including phenoxy) is 4. The minimum absolute atomic E-state index is 0. The molecule has 20 heteroatoms. The average Bonchev–Trinajstić information content (AvgIpc) is 3.65. The Labute approximate surface area is 489 Å². The van der Waals surface area contributed by atoms with E-state index < -0.39 is 106 Å². The topological polar surface area (TPSA) is 264 Å². The first kappa shape index (κ1) is 57.2. The molecule has 18 nitrogen and oxygen atoms in total. The van der Waals surface area contributed by atoms with E-state index in [4.69, 9.17) is 28.9 Å². The Kier molecular flexibility index (Phi) is 16.5. The van der Waals surface area contributed by atoms with E-state index in [1.165, 1.54) is 13.8 Å². The third kappa shape index (κ3) is 9.17. The van der Waals surface area contributed by atoms with Crippen molar-refractivity contribution in [1.29, 1.82) is 0 Å². The molecule has 13 atom stereocenters. The number of para-hydroxylation sites is 1. The second-order valence-corrected chi connectivity index (χ2v) is 21.2. The van der Waals surface area contributed by atoms with E-state index in [-0.39, 0.29) is 151 Å². The maximum Gasteiger partial charge on any atom is 0.337 e. The fourth-order valence-corrected chi connectivity index (χ4v) is 13.1. The quantitative estimate of drug-likeness (QED) is 0.0621. The number of nitrogens with one attached hydrogen (secondary N) is 1. The number of aliphatic hydroxyl groups is 5. The molecule has 72 heavy (non-hydrogen) atoms. The molecular formula is C52H64Ac2N4O14. The van der Waals surface area contributed by atoms with Crippen molar-refractivity contribution >= 4 is 46.7 Å². The Hall–Kier alpha value is -2.49. The van der Waals surface area contributed by atoms with Crippen LogP contribution < -0.4 is 5.32 Å². The normalized spacial score (nSPS) is 34.8. The number of nitrogens with zero attached hydrogens (tertiary/aromatic N) is 3. The van der Waals surface area contributed by atoms with Gasteiger partial charge in [-0.15, -0.1) is 0 Å². The van der Waals surface area contributed by atoms with Gasteiger partial charge >= 0.3 is 17.9 Å².